The van der Waals surface area contributed by atoms with Crippen molar-refractivity contribution in [1.29, 1.82) is 0 Å². The van der Waals surface area contributed by atoms with Crippen molar-refractivity contribution in [3.8, 4) is 0 Å². The van der Waals surface area contributed by atoms with Gasteiger partial charge >= 0.3 is 0 Å². The summed E-state index contributed by atoms with van der Waals surface area (Å²) in [6.07, 6.45) is 2.01. The third-order valence-corrected chi connectivity index (χ3v) is 3.62. The lowest BCUT2D eigenvalue weighted by molar-refractivity contribution is -0.119. The zero-order valence-corrected chi connectivity index (χ0v) is 9.14. The predicted octanol–water partition coefficient (Wildman–Crippen LogP) is 2.01. The number of amides is 1. The molecule has 0 radical (unpaired) electrons. The number of fused-ring (bicyclic) bond motifs is 1. The van der Waals surface area contributed by atoms with Crippen LogP contribution in [-0.4, -0.2) is 17.7 Å². The molecule has 3 fully saturated rings. The number of rotatable bonds is 2. The van der Waals surface area contributed by atoms with Gasteiger partial charge in [0, 0.05) is 23.2 Å². The fourth-order valence-corrected chi connectivity index (χ4v) is 2.57. The minimum Gasteiger partial charge on any atom is -0.309 e. The highest BCUT2D eigenvalue weighted by molar-refractivity contribution is 6.01. The molecule has 2 aliphatic heterocycles. The molecule has 2 bridgehead atoms. The monoisotopic (exact) mass is 215 g/mol. The van der Waals surface area contributed by atoms with Crippen LogP contribution in [0.3, 0.4) is 0 Å². The van der Waals surface area contributed by atoms with Gasteiger partial charge in [-0.05, 0) is 44.0 Å². The van der Waals surface area contributed by atoms with Crippen molar-refractivity contribution in [3.05, 3.63) is 29.8 Å². The molecule has 0 aromatic heterocycles. The number of hydrogen-bond acceptors (Lipinski definition) is 2. The molecule has 4 rings (SSSR count). The van der Waals surface area contributed by atoms with Crippen LogP contribution in [0.15, 0.2) is 24.3 Å². The minimum absolute atomic E-state index is 0.0589. The Balaban J connectivity index is 1.90. The van der Waals surface area contributed by atoms with Crippen molar-refractivity contribution in [1.82, 2.24) is 0 Å². The van der Waals surface area contributed by atoms with E-state index in [0.29, 0.717) is 11.6 Å². The fraction of sp³-hybridized carbons (Fsp3) is 0.385. The Morgan fingerprint density at radius 2 is 1.88 bits per heavy atom. The van der Waals surface area contributed by atoms with E-state index in [1.807, 2.05) is 17.0 Å². The maximum absolute atomic E-state index is 11.8. The summed E-state index contributed by atoms with van der Waals surface area (Å²) >= 11 is 0. The molecular formula is C13H13NO2. The van der Waals surface area contributed by atoms with Gasteiger partial charge in [0.2, 0.25) is 5.91 Å². The summed E-state index contributed by atoms with van der Waals surface area (Å²) in [5, 5.41) is 0. The summed E-state index contributed by atoms with van der Waals surface area (Å²) in [4.78, 5) is 24.8. The van der Waals surface area contributed by atoms with E-state index in [-0.39, 0.29) is 17.6 Å². The molecule has 0 spiro atoms. The number of ketones is 1. The molecule has 82 valence electrons. The highest BCUT2D eigenvalue weighted by Gasteiger charge is 2.50. The molecule has 0 atom stereocenters. The Morgan fingerprint density at radius 3 is 2.31 bits per heavy atom. The van der Waals surface area contributed by atoms with Gasteiger partial charge in [-0.1, -0.05) is 0 Å². The van der Waals surface area contributed by atoms with E-state index in [2.05, 4.69) is 0 Å². The Hall–Kier alpha value is -1.64. The van der Waals surface area contributed by atoms with Crippen LogP contribution in [0.25, 0.3) is 0 Å². The summed E-state index contributed by atoms with van der Waals surface area (Å²) < 4.78 is 0. The molecule has 1 aromatic rings. The summed E-state index contributed by atoms with van der Waals surface area (Å²) in [5.74, 6) is 0.571. The number of nitrogens with zero attached hydrogens (tertiary/aromatic N) is 1. The predicted molar refractivity (Wildman–Crippen MR) is 60.4 cm³/mol. The number of carbonyl (C=O) groups excluding carboxylic acids is 2. The summed E-state index contributed by atoms with van der Waals surface area (Å²) in [6, 6.07) is 7.73. The van der Waals surface area contributed by atoms with Crippen molar-refractivity contribution in [2.45, 2.75) is 25.8 Å². The van der Waals surface area contributed by atoms with E-state index < -0.39 is 0 Å². The zero-order chi connectivity index (χ0) is 11.3. The largest absolute Gasteiger partial charge is 0.309 e. The van der Waals surface area contributed by atoms with Crippen LogP contribution in [0.5, 0.6) is 0 Å². The molecular weight excluding hydrogens is 202 g/mol. The first-order valence-electron chi connectivity index (χ1n) is 5.61. The lowest BCUT2D eigenvalue weighted by Gasteiger charge is -2.25. The van der Waals surface area contributed by atoms with Crippen LogP contribution in [-0.2, 0) is 4.79 Å². The molecule has 2 heterocycles. The van der Waals surface area contributed by atoms with Gasteiger partial charge in [0.15, 0.2) is 5.78 Å². The first kappa shape index (κ1) is 9.58. The van der Waals surface area contributed by atoms with E-state index in [4.69, 9.17) is 0 Å². The van der Waals surface area contributed by atoms with Crippen molar-refractivity contribution in [2.24, 2.45) is 5.92 Å². The van der Waals surface area contributed by atoms with E-state index in [1.54, 1.807) is 19.1 Å². The number of anilines is 1. The van der Waals surface area contributed by atoms with Gasteiger partial charge in [0.1, 0.15) is 0 Å². The van der Waals surface area contributed by atoms with Gasteiger partial charge in [0.25, 0.3) is 0 Å². The van der Waals surface area contributed by atoms with Gasteiger partial charge in [-0.25, -0.2) is 0 Å². The average molecular weight is 215 g/mol. The molecule has 2 saturated heterocycles. The minimum atomic E-state index is 0.0589. The van der Waals surface area contributed by atoms with Crippen molar-refractivity contribution in [3.63, 3.8) is 0 Å². The third kappa shape index (κ3) is 1.21. The second-order valence-electron chi connectivity index (χ2n) is 4.63. The topological polar surface area (TPSA) is 37.4 Å². The Kier molecular flexibility index (Phi) is 1.90. The van der Waals surface area contributed by atoms with Gasteiger partial charge in [-0.2, -0.15) is 0 Å². The number of carbonyl (C=O) groups is 2. The number of benzene rings is 1. The molecule has 3 nitrogen and oxygen atoms in total. The van der Waals surface area contributed by atoms with Crippen LogP contribution in [0, 0.1) is 5.92 Å². The van der Waals surface area contributed by atoms with Crippen molar-refractivity contribution in [2.75, 3.05) is 4.90 Å². The summed E-state index contributed by atoms with van der Waals surface area (Å²) in [5.41, 5.74) is 1.63. The van der Waals surface area contributed by atoms with E-state index in [0.717, 1.165) is 18.5 Å². The SMILES string of the molecule is CC(=O)c1ccc(N2C(=O)C3CC2C3)cc1. The fourth-order valence-electron chi connectivity index (χ4n) is 2.57. The number of Topliss-reactive ketones (excluding diaryl/α,β-unsaturated/α-hetero) is 1. The van der Waals surface area contributed by atoms with Crippen LogP contribution >= 0.6 is 0 Å². The van der Waals surface area contributed by atoms with E-state index in [1.165, 1.54) is 0 Å². The molecule has 3 aliphatic rings. The first-order valence-corrected chi connectivity index (χ1v) is 5.61. The Bertz CT molecular complexity index is 457. The third-order valence-electron chi connectivity index (χ3n) is 3.62. The lowest BCUT2D eigenvalue weighted by Crippen LogP contribution is -2.29. The summed E-state index contributed by atoms with van der Waals surface area (Å²) in [7, 11) is 0. The lowest BCUT2D eigenvalue weighted by atomic mass is 9.86. The molecule has 3 heteroatoms. The van der Waals surface area contributed by atoms with Crippen molar-refractivity contribution < 1.29 is 9.59 Å². The number of hydrogen-bond donors (Lipinski definition) is 0. The maximum atomic E-state index is 11.8. The van der Waals surface area contributed by atoms with Gasteiger partial charge in [-0.3, -0.25) is 9.59 Å². The second-order valence-corrected chi connectivity index (χ2v) is 4.63. The van der Waals surface area contributed by atoms with E-state index in [9.17, 15) is 9.59 Å². The van der Waals surface area contributed by atoms with Gasteiger partial charge in [-0.15, -0.1) is 0 Å². The van der Waals surface area contributed by atoms with Crippen molar-refractivity contribution >= 4 is 17.4 Å². The second kappa shape index (κ2) is 3.17. The van der Waals surface area contributed by atoms with Crippen LogP contribution in [0.1, 0.15) is 30.1 Å². The summed E-state index contributed by atoms with van der Waals surface area (Å²) in [6.45, 7) is 1.55. The average Bonchev–Trinajstić information content (AvgIpc) is 2.69. The Labute approximate surface area is 94.1 Å². The molecule has 1 aromatic carbocycles. The van der Waals surface area contributed by atoms with Crippen LogP contribution in [0.2, 0.25) is 0 Å². The Morgan fingerprint density at radius 1 is 1.25 bits per heavy atom. The molecule has 0 N–H and O–H groups in total. The molecule has 0 unspecified atom stereocenters. The normalized spacial score (nSPS) is 26.8. The van der Waals surface area contributed by atoms with Crippen LogP contribution in [0.4, 0.5) is 5.69 Å². The molecule has 1 saturated carbocycles. The molecule has 1 aliphatic carbocycles. The van der Waals surface area contributed by atoms with Crippen LogP contribution < -0.4 is 4.90 Å². The zero-order valence-electron chi connectivity index (χ0n) is 9.14. The first-order chi connectivity index (χ1) is 7.66. The highest BCUT2D eigenvalue weighted by atomic mass is 16.2. The molecule has 1 amide bonds. The van der Waals surface area contributed by atoms with Gasteiger partial charge in [0.05, 0.1) is 0 Å². The smallest absolute Gasteiger partial charge is 0.230 e. The van der Waals surface area contributed by atoms with Gasteiger partial charge < -0.3 is 4.90 Å². The quantitative estimate of drug-likeness (QED) is 0.708. The maximum Gasteiger partial charge on any atom is 0.230 e. The van der Waals surface area contributed by atoms with E-state index >= 15 is 0 Å². The molecule has 16 heavy (non-hydrogen) atoms. The highest BCUT2D eigenvalue weighted by Crippen LogP contribution is 2.44. The standard InChI is InChI=1S/C13H13NO2/c1-8(15)9-2-4-11(5-3-9)14-12-6-10(7-12)13(14)16/h2-5,10,12H,6-7H2,1H3.